The van der Waals surface area contributed by atoms with Crippen molar-refractivity contribution >= 4 is 23.6 Å². The number of para-hydroxylation sites is 1. The maximum absolute atomic E-state index is 12.3. The zero-order valence-corrected chi connectivity index (χ0v) is 15.9. The summed E-state index contributed by atoms with van der Waals surface area (Å²) in [6, 6.07) is 11.0. The van der Waals surface area contributed by atoms with Gasteiger partial charge in [-0.2, -0.15) is 0 Å². The van der Waals surface area contributed by atoms with E-state index in [1.54, 1.807) is 24.3 Å². The molecule has 1 heterocycles. The van der Waals surface area contributed by atoms with Crippen LogP contribution in [0, 0.1) is 10.1 Å². The van der Waals surface area contributed by atoms with E-state index in [9.17, 15) is 14.9 Å². The minimum atomic E-state index is -0.667. The Bertz CT molecular complexity index is 1050. The highest BCUT2D eigenvalue weighted by Crippen LogP contribution is 2.34. The number of cyclic esters (lactones) is 1. The lowest BCUT2D eigenvalue weighted by Gasteiger charge is -2.13. The molecule has 0 saturated heterocycles. The monoisotopic (exact) mass is 394 g/mol. The second kappa shape index (κ2) is 8.39. The number of benzene rings is 2. The Kier molecular flexibility index (Phi) is 5.73. The van der Waals surface area contributed by atoms with Crippen LogP contribution in [0.1, 0.15) is 18.1 Å². The van der Waals surface area contributed by atoms with Crippen molar-refractivity contribution in [3.05, 3.63) is 81.6 Å². The molecule has 8 nitrogen and oxygen atoms in total. The van der Waals surface area contributed by atoms with Crippen LogP contribution in [0.3, 0.4) is 0 Å². The number of aliphatic imine (C=N–C) groups is 1. The SMILES string of the molecule is C=C(C)COc1c(/C=C2\N=C(c3cccc([N+](=O)[O-])c3)OC2=O)cccc1OC. The number of methoxy groups -OCH3 is 1. The zero-order chi connectivity index (χ0) is 21.0. The predicted molar refractivity (Wildman–Crippen MR) is 107 cm³/mol. The fourth-order valence-corrected chi connectivity index (χ4v) is 2.59. The fourth-order valence-electron chi connectivity index (χ4n) is 2.59. The Balaban J connectivity index is 1.98. The molecule has 148 valence electrons. The molecule has 0 radical (unpaired) electrons. The smallest absolute Gasteiger partial charge is 0.363 e. The van der Waals surface area contributed by atoms with Gasteiger partial charge < -0.3 is 14.2 Å². The van der Waals surface area contributed by atoms with Crippen LogP contribution in [-0.4, -0.2) is 30.5 Å². The molecular formula is C21H18N2O6. The van der Waals surface area contributed by atoms with Crippen molar-refractivity contribution in [2.75, 3.05) is 13.7 Å². The quantitative estimate of drug-likeness (QED) is 0.232. The van der Waals surface area contributed by atoms with Gasteiger partial charge in [0, 0.05) is 23.3 Å². The van der Waals surface area contributed by atoms with E-state index in [4.69, 9.17) is 14.2 Å². The van der Waals surface area contributed by atoms with Gasteiger partial charge in [-0.1, -0.05) is 24.8 Å². The average molecular weight is 394 g/mol. The van der Waals surface area contributed by atoms with Crippen molar-refractivity contribution in [3.63, 3.8) is 0 Å². The van der Waals surface area contributed by atoms with E-state index in [2.05, 4.69) is 11.6 Å². The number of rotatable bonds is 7. The highest BCUT2D eigenvalue weighted by atomic mass is 16.6. The average Bonchev–Trinajstić information content (AvgIpc) is 3.07. The van der Waals surface area contributed by atoms with Crippen molar-refractivity contribution in [1.82, 2.24) is 0 Å². The van der Waals surface area contributed by atoms with Crippen LogP contribution >= 0.6 is 0 Å². The Morgan fingerprint density at radius 2 is 2.07 bits per heavy atom. The maximum atomic E-state index is 12.3. The molecule has 29 heavy (non-hydrogen) atoms. The Hall–Kier alpha value is -3.94. The predicted octanol–water partition coefficient (Wildman–Crippen LogP) is 3.90. The van der Waals surface area contributed by atoms with E-state index < -0.39 is 10.9 Å². The standard InChI is InChI=1S/C21H18N2O6/c1-13(2)12-28-19-14(6-5-9-18(19)27-3)11-17-21(24)29-20(22-17)15-7-4-8-16(10-15)23(25)26/h4-11H,1,12H2,2-3H3/b17-11-. The van der Waals surface area contributed by atoms with Crippen molar-refractivity contribution < 1.29 is 23.9 Å². The molecule has 0 fully saturated rings. The lowest BCUT2D eigenvalue weighted by molar-refractivity contribution is -0.384. The lowest BCUT2D eigenvalue weighted by atomic mass is 10.1. The fraction of sp³-hybridized carbons (Fsp3) is 0.143. The van der Waals surface area contributed by atoms with Gasteiger partial charge in [0.25, 0.3) is 5.69 Å². The highest BCUT2D eigenvalue weighted by molar-refractivity contribution is 6.13. The lowest BCUT2D eigenvalue weighted by Crippen LogP contribution is -2.06. The van der Waals surface area contributed by atoms with E-state index in [0.29, 0.717) is 22.6 Å². The third-order valence-electron chi connectivity index (χ3n) is 3.91. The number of nitro groups is 1. The molecule has 3 rings (SSSR count). The number of ether oxygens (including phenoxy) is 3. The number of nitro benzene ring substituents is 1. The van der Waals surface area contributed by atoms with Gasteiger partial charge in [-0.25, -0.2) is 9.79 Å². The molecule has 0 amide bonds. The summed E-state index contributed by atoms with van der Waals surface area (Å²) in [6.07, 6.45) is 1.52. The molecule has 0 aromatic heterocycles. The molecule has 0 spiro atoms. The summed E-state index contributed by atoms with van der Waals surface area (Å²) in [5.74, 6) is 0.268. The first-order valence-electron chi connectivity index (χ1n) is 8.60. The topological polar surface area (TPSA) is 100 Å². The first kappa shape index (κ1) is 19.8. The Morgan fingerprint density at radius 1 is 1.31 bits per heavy atom. The maximum Gasteiger partial charge on any atom is 0.363 e. The molecule has 0 N–H and O–H groups in total. The first-order chi connectivity index (χ1) is 13.9. The molecule has 0 unspecified atom stereocenters. The van der Waals surface area contributed by atoms with Gasteiger partial charge in [0.05, 0.1) is 12.0 Å². The summed E-state index contributed by atoms with van der Waals surface area (Å²) in [6.45, 7) is 5.92. The van der Waals surface area contributed by atoms with Crippen molar-refractivity contribution in [1.29, 1.82) is 0 Å². The Morgan fingerprint density at radius 3 is 2.76 bits per heavy atom. The number of carbonyl (C=O) groups excluding carboxylic acids is 1. The molecule has 0 bridgehead atoms. The van der Waals surface area contributed by atoms with Crippen LogP contribution in [0.15, 0.2) is 65.3 Å². The number of esters is 1. The van der Waals surface area contributed by atoms with E-state index in [0.717, 1.165) is 5.57 Å². The molecule has 2 aromatic carbocycles. The van der Waals surface area contributed by atoms with E-state index >= 15 is 0 Å². The molecule has 0 atom stereocenters. The highest BCUT2D eigenvalue weighted by Gasteiger charge is 2.26. The van der Waals surface area contributed by atoms with E-state index in [1.165, 1.54) is 31.4 Å². The molecule has 8 heteroatoms. The second-order valence-corrected chi connectivity index (χ2v) is 6.27. The summed E-state index contributed by atoms with van der Waals surface area (Å²) in [5.41, 5.74) is 1.64. The van der Waals surface area contributed by atoms with Gasteiger partial charge in [-0.05, 0) is 30.7 Å². The van der Waals surface area contributed by atoms with E-state index in [-0.39, 0.29) is 23.9 Å². The van der Waals surface area contributed by atoms with Gasteiger partial charge in [-0.15, -0.1) is 0 Å². The summed E-state index contributed by atoms with van der Waals surface area (Å²) < 4.78 is 16.3. The minimum absolute atomic E-state index is 0.00255. The third kappa shape index (κ3) is 4.49. The summed E-state index contributed by atoms with van der Waals surface area (Å²) >= 11 is 0. The molecular weight excluding hydrogens is 376 g/mol. The van der Waals surface area contributed by atoms with Crippen molar-refractivity contribution in [3.8, 4) is 11.5 Å². The summed E-state index contributed by atoms with van der Waals surface area (Å²) in [7, 11) is 1.52. The Labute approximate surface area is 166 Å². The van der Waals surface area contributed by atoms with Crippen LogP contribution in [0.2, 0.25) is 0 Å². The molecule has 1 aliphatic heterocycles. The third-order valence-corrected chi connectivity index (χ3v) is 3.91. The van der Waals surface area contributed by atoms with Gasteiger partial charge in [0.1, 0.15) is 6.61 Å². The van der Waals surface area contributed by atoms with Crippen LogP contribution in [0.25, 0.3) is 6.08 Å². The van der Waals surface area contributed by atoms with Crippen LogP contribution in [-0.2, 0) is 9.53 Å². The van der Waals surface area contributed by atoms with Gasteiger partial charge in [0.2, 0.25) is 5.90 Å². The number of hydrogen-bond acceptors (Lipinski definition) is 7. The van der Waals surface area contributed by atoms with Crippen LogP contribution in [0.4, 0.5) is 5.69 Å². The van der Waals surface area contributed by atoms with E-state index in [1.807, 2.05) is 6.92 Å². The van der Waals surface area contributed by atoms with Crippen molar-refractivity contribution in [2.24, 2.45) is 4.99 Å². The largest absolute Gasteiger partial charge is 0.493 e. The summed E-state index contributed by atoms with van der Waals surface area (Å²) in [4.78, 5) is 26.9. The zero-order valence-electron chi connectivity index (χ0n) is 15.9. The van der Waals surface area contributed by atoms with Gasteiger partial charge >= 0.3 is 5.97 Å². The molecule has 2 aromatic rings. The second-order valence-electron chi connectivity index (χ2n) is 6.27. The minimum Gasteiger partial charge on any atom is -0.493 e. The van der Waals surface area contributed by atoms with Gasteiger partial charge in [-0.3, -0.25) is 10.1 Å². The van der Waals surface area contributed by atoms with Crippen molar-refractivity contribution in [2.45, 2.75) is 6.92 Å². The van der Waals surface area contributed by atoms with Gasteiger partial charge in [0.15, 0.2) is 17.2 Å². The number of carbonyl (C=O) groups is 1. The number of nitrogens with zero attached hydrogens (tertiary/aromatic N) is 2. The first-order valence-corrected chi connectivity index (χ1v) is 8.60. The number of hydrogen-bond donors (Lipinski definition) is 0. The normalized spacial score (nSPS) is 14.3. The molecule has 0 saturated carbocycles. The molecule has 0 aliphatic carbocycles. The van der Waals surface area contributed by atoms with Crippen LogP contribution in [0.5, 0.6) is 11.5 Å². The molecule has 1 aliphatic rings. The summed E-state index contributed by atoms with van der Waals surface area (Å²) in [5, 5.41) is 11.0. The number of non-ortho nitro benzene ring substituents is 1. The van der Waals surface area contributed by atoms with Crippen LogP contribution < -0.4 is 9.47 Å².